The van der Waals surface area contributed by atoms with Crippen LogP contribution in [0, 0.1) is 0 Å². The van der Waals surface area contributed by atoms with Crippen molar-refractivity contribution in [2.75, 3.05) is 12.9 Å². The molecule has 3 rings (SSSR count). The third kappa shape index (κ3) is 5.10. The van der Waals surface area contributed by atoms with E-state index >= 15 is 0 Å². The van der Waals surface area contributed by atoms with Crippen LogP contribution < -0.4 is 0 Å². The fourth-order valence-corrected chi connectivity index (χ4v) is 5.72. The van der Waals surface area contributed by atoms with E-state index in [4.69, 9.17) is 0 Å². The van der Waals surface area contributed by atoms with Crippen LogP contribution in [0.25, 0.3) is 0 Å². The molecule has 0 fully saturated rings. The van der Waals surface area contributed by atoms with E-state index in [-0.39, 0.29) is 33.3 Å². The summed E-state index contributed by atoms with van der Waals surface area (Å²) in [6, 6.07) is 8.15. The monoisotopic (exact) mass is 482 g/mol. The lowest BCUT2D eigenvalue weighted by atomic mass is 9.63. The van der Waals surface area contributed by atoms with Crippen LogP contribution in [-0.4, -0.2) is 27.2 Å². The van der Waals surface area contributed by atoms with Crippen molar-refractivity contribution < 1.29 is 31.1 Å². The van der Waals surface area contributed by atoms with Crippen molar-refractivity contribution in [1.82, 2.24) is 0 Å². The van der Waals surface area contributed by atoms with Gasteiger partial charge in [-0.3, -0.25) is 0 Å². The van der Waals surface area contributed by atoms with Crippen LogP contribution in [0.5, 0.6) is 0 Å². The van der Waals surface area contributed by atoms with Crippen LogP contribution in [0.1, 0.15) is 73.1 Å². The van der Waals surface area contributed by atoms with Gasteiger partial charge in [0.25, 0.3) is 0 Å². The Hall–Kier alpha value is -2.35. The molecule has 0 saturated carbocycles. The standard InChI is InChI=1S/C25H29F3O4S/c1-23(2)11-12-24(3,4)21-15-18(8-9-19(21)23)33(30,31)13-10-16-6-7-17(22(29)32-5)14-20(16)25(26,27)28/h6-9,14-15H,10-13H2,1-5H3. The molecule has 8 heteroatoms. The van der Waals surface area contributed by atoms with Gasteiger partial charge in [-0.25, -0.2) is 13.2 Å². The third-order valence-corrected chi connectivity index (χ3v) is 8.37. The van der Waals surface area contributed by atoms with Crippen molar-refractivity contribution in [3.05, 3.63) is 64.2 Å². The van der Waals surface area contributed by atoms with Gasteiger partial charge in [0.15, 0.2) is 9.84 Å². The number of esters is 1. The molecular formula is C25H29F3O4S. The summed E-state index contributed by atoms with van der Waals surface area (Å²) in [6.07, 6.45) is -3.16. The van der Waals surface area contributed by atoms with Crippen LogP contribution in [0.15, 0.2) is 41.3 Å². The lowest BCUT2D eigenvalue weighted by Crippen LogP contribution is -2.34. The number of sulfone groups is 1. The number of hydrogen-bond acceptors (Lipinski definition) is 4. The molecule has 0 amide bonds. The summed E-state index contributed by atoms with van der Waals surface area (Å²) in [5.74, 6) is -1.37. The molecule has 4 nitrogen and oxygen atoms in total. The molecule has 180 valence electrons. The van der Waals surface area contributed by atoms with Crippen molar-refractivity contribution >= 4 is 15.8 Å². The molecule has 0 radical (unpaired) electrons. The Morgan fingerprint density at radius 1 is 0.970 bits per heavy atom. The molecule has 0 aromatic heterocycles. The maximum Gasteiger partial charge on any atom is 0.416 e. The van der Waals surface area contributed by atoms with Gasteiger partial charge in [-0.05, 0) is 71.0 Å². The van der Waals surface area contributed by atoms with Crippen LogP contribution in [0.4, 0.5) is 13.2 Å². The normalized spacial score (nSPS) is 17.3. The molecule has 2 aromatic rings. The average molecular weight is 483 g/mol. The van der Waals surface area contributed by atoms with Crippen LogP contribution >= 0.6 is 0 Å². The number of methoxy groups -OCH3 is 1. The van der Waals surface area contributed by atoms with Crippen molar-refractivity contribution in [2.24, 2.45) is 0 Å². The number of fused-ring (bicyclic) bond motifs is 1. The van der Waals surface area contributed by atoms with E-state index < -0.39 is 33.3 Å². The molecule has 0 bridgehead atoms. The predicted octanol–water partition coefficient (Wildman–Crippen LogP) is 5.86. The molecule has 1 aliphatic carbocycles. The Morgan fingerprint density at radius 3 is 2.15 bits per heavy atom. The lowest BCUT2D eigenvalue weighted by Gasteiger charge is -2.42. The molecule has 0 N–H and O–H groups in total. The molecule has 0 saturated heterocycles. The highest BCUT2D eigenvalue weighted by Crippen LogP contribution is 2.46. The quantitative estimate of drug-likeness (QED) is 0.501. The number of ether oxygens (including phenoxy) is 1. The minimum absolute atomic E-state index is 0.0733. The highest BCUT2D eigenvalue weighted by molar-refractivity contribution is 7.91. The van der Waals surface area contributed by atoms with Gasteiger partial charge >= 0.3 is 12.1 Å². The highest BCUT2D eigenvalue weighted by atomic mass is 32.2. The summed E-state index contributed by atoms with van der Waals surface area (Å²) < 4.78 is 71.4. The summed E-state index contributed by atoms with van der Waals surface area (Å²) in [5, 5.41) is 0. The molecule has 0 unspecified atom stereocenters. The molecular weight excluding hydrogens is 453 g/mol. The Labute approximate surface area is 193 Å². The fourth-order valence-electron chi connectivity index (χ4n) is 4.43. The van der Waals surface area contributed by atoms with Crippen molar-refractivity contribution in [3.8, 4) is 0 Å². The number of alkyl halides is 3. The first-order chi connectivity index (χ1) is 15.1. The van der Waals surface area contributed by atoms with E-state index in [1.807, 2.05) is 6.07 Å². The Kier molecular flexibility index (Phi) is 6.48. The maximum absolute atomic E-state index is 13.6. The zero-order valence-electron chi connectivity index (χ0n) is 19.5. The second kappa shape index (κ2) is 8.46. The number of benzene rings is 2. The first kappa shape index (κ1) is 25.3. The fraction of sp³-hybridized carbons (Fsp3) is 0.480. The number of rotatable bonds is 5. The molecule has 0 spiro atoms. The number of halogens is 3. The van der Waals surface area contributed by atoms with E-state index in [0.717, 1.165) is 37.1 Å². The number of carbonyl (C=O) groups is 1. The number of aryl methyl sites for hydroxylation is 1. The SMILES string of the molecule is COC(=O)c1ccc(CCS(=O)(=O)c2ccc3c(c2)C(C)(C)CCC3(C)C)c(C(F)(F)F)c1. The zero-order valence-corrected chi connectivity index (χ0v) is 20.3. The molecule has 0 heterocycles. The summed E-state index contributed by atoms with van der Waals surface area (Å²) in [5.41, 5.74) is 0.358. The molecule has 1 aliphatic rings. The van der Waals surface area contributed by atoms with Crippen LogP contribution in [0.3, 0.4) is 0 Å². The van der Waals surface area contributed by atoms with E-state index in [2.05, 4.69) is 32.4 Å². The first-order valence-electron chi connectivity index (χ1n) is 10.7. The molecule has 0 aliphatic heterocycles. The molecule has 33 heavy (non-hydrogen) atoms. The van der Waals surface area contributed by atoms with E-state index in [1.165, 1.54) is 6.07 Å². The topological polar surface area (TPSA) is 60.4 Å². The minimum Gasteiger partial charge on any atom is -0.465 e. The van der Waals surface area contributed by atoms with Gasteiger partial charge in [-0.1, -0.05) is 39.8 Å². The Balaban J connectivity index is 1.94. The largest absolute Gasteiger partial charge is 0.465 e. The summed E-state index contributed by atoms with van der Waals surface area (Å²) in [7, 11) is -2.75. The Bertz CT molecular complexity index is 1180. The van der Waals surface area contributed by atoms with Gasteiger partial charge < -0.3 is 4.74 Å². The first-order valence-corrected chi connectivity index (χ1v) is 12.4. The Morgan fingerprint density at radius 2 is 1.58 bits per heavy atom. The van der Waals surface area contributed by atoms with Gasteiger partial charge in [0.05, 0.1) is 28.9 Å². The van der Waals surface area contributed by atoms with Crippen molar-refractivity contribution in [1.29, 1.82) is 0 Å². The smallest absolute Gasteiger partial charge is 0.416 e. The van der Waals surface area contributed by atoms with Gasteiger partial charge in [-0.2, -0.15) is 13.2 Å². The maximum atomic E-state index is 13.6. The zero-order chi connectivity index (χ0) is 24.8. The molecule has 0 atom stereocenters. The van der Waals surface area contributed by atoms with Crippen molar-refractivity contribution in [2.45, 2.75) is 68.9 Å². The lowest BCUT2D eigenvalue weighted by molar-refractivity contribution is -0.138. The summed E-state index contributed by atoms with van der Waals surface area (Å²) in [4.78, 5) is 11.8. The summed E-state index contributed by atoms with van der Waals surface area (Å²) >= 11 is 0. The van der Waals surface area contributed by atoms with Crippen LogP contribution in [-0.2, 0) is 38.0 Å². The van der Waals surface area contributed by atoms with Gasteiger partial charge in [0.1, 0.15) is 0 Å². The molecule has 2 aromatic carbocycles. The van der Waals surface area contributed by atoms with Gasteiger partial charge in [0.2, 0.25) is 0 Å². The van der Waals surface area contributed by atoms with Gasteiger partial charge in [0, 0.05) is 0 Å². The van der Waals surface area contributed by atoms with E-state index in [1.54, 1.807) is 12.1 Å². The van der Waals surface area contributed by atoms with Crippen LogP contribution in [0.2, 0.25) is 0 Å². The second-order valence-electron chi connectivity index (χ2n) is 9.91. The second-order valence-corrected chi connectivity index (χ2v) is 12.0. The third-order valence-electron chi connectivity index (χ3n) is 6.66. The number of carbonyl (C=O) groups excluding carboxylic acids is 1. The minimum atomic E-state index is -4.73. The van der Waals surface area contributed by atoms with Gasteiger partial charge in [-0.15, -0.1) is 0 Å². The predicted molar refractivity (Wildman–Crippen MR) is 120 cm³/mol. The van der Waals surface area contributed by atoms with Crippen molar-refractivity contribution in [3.63, 3.8) is 0 Å². The highest BCUT2D eigenvalue weighted by Gasteiger charge is 2.38. The summed E-state index contributed by atoms with van der Waals surface area (Å²) in [6.45, 7) is 8.42. The van der Waals surface area contributed by atoms with E-state index in [9.17, 15) is 26.4 Å². The number of hydrogen-bond donors (Lipinski definition) is 0. The average Bonchev–Trinajstić information content (AvgIpc) is 2.74. The van der Waals surface area contributed by atoms with E-state index in [0.29, 0.717) is 6.07 Å².